The zero-order chi connectivity index (χ0) is 12.4. The molecule has 0 fully saturated rings. The first-order chi connectivity index (χ1) is 8.11. The van der Waals surface area contributed by atoms with Crippen LogP contribution in [0.4, 0.5) is 0 Å². The summed E-state index contributed by atoms with van der Waals surface area (Å²) in [5.41, 5.74) is 2.83. The summed E-state index contributed by atoms with van der Waals surface area (Å²) >= 11 is 0. The van der Waals surface area contributed by atoms with E-state index in [4.69, 9.17) is 0 Å². The van der Waals surface area contributed by atoms with Crippen molar-refractivity contribution in [3.05, 3.63) is 53.6 Å². The van der Waals surface area contributed by atoms with Crippen LogP contribution in [0.15, 0.2) is 42.5 Å². The molecule has 0 saturated carbocycles. The molecule has 0 heterocycles. The Balaban J connectivity index is 2.71. The van der Waals surface area contributed by atoms with Gasteiger partial charge in [-0.1, -0.05) is 42.5 Å². The Hall–Kier alpha value is -2.09. The third-order valence-corrected chi connectivity index (χ3v) is 2.82. The van der Waals surface area contributed by atoms with E-state index < -0.39 is 0 Å². The van der Waals surface area contributed by atoms with Crippen LogP contribution in [0, 0.1) is 6.92 Å². The van der Waals surface area contributed by atoms with Crippen molar-refractivity contribution >= 4 is 5.78 Å². The van der Waals surface area contributed by atoms with Gasteiger partial charge in [0.15, 0.2) is 5.78 Å². The highest BCUT2D eigenvalue weighted by atomic mass is 16.3. The highest BCUT2D eigenvalue weighted by Gasteiger charge is 2.15. The quantitative estimate of drug-likeness (QED) is 0.795. The van der Waals surface area contributed by atoms with Crippen molar-refractivity contribution in [1.82, 2.24) is 0 Å². The number of phenols is 1. The van der Waals surface area contributed by atoms with Crippen molar-refractivity contribution in [3.63, 3.8) is 0 Å². The summed E-state index contributed by atoms with van der Waals surface area (Å²) in [7, 11) is 0. The predicted octanol–water partition coefficient (Wildman–Crippen LogP) is 3.57. The van der Waals surface area contributed by atoms with E-state index in [2.05, 4.69) is 0 Å². The second kappa shape index (κ2) is 4.42. The molecule has 1 N–H and O–H groups in total. The van der Waals surface area contributed by atoms with Crippen molar-refractivity contribution in [2.24, 2.45) is 0 Å². The molecule has 0 radical (unpaired) electrons. The maximum Gasteiger partial charge on any atom is 0.164 e. The topological polar surface area (TPSA) is 37.3 Å². The molecule has 17 heavy (non-hydrogen) atoms. The van der Waals surface area contributed by atoms with Crippen LogP contribution in [0.5, 0.6) is 5.75 Å². The van der Waals surface area contributed by atoms with Crippen molar-refractivity contribution in [2.45, 2.75) is 13.8 Å². The Kier molecular flexibility index (Phi) is 2.96. The van der Waals surface area contributed by atoms with E-state index in [1.54, 1.807) is 6.92 Å². The molecule has 0 saturated heterocycles. The van der Waals surface area contributed by atoms with Gasteiger partial charge in [0.1, 0.15) is 5.75 Å². The van der Waals surface area contributed by atoms with Crippen molar-refractivity contribution in [3.8, 4) is 16.9 Å². The van der Waals surface area contributed by atoms with Crippen LogP contribution >= 0.6 is 0 Å². The Morgan fingerprint density at radius 3 is 2.29 bits per heavy atom. The van der Waals surface area contributed by atoms with Crippen molar-refractivity contribution in [2.75, 3.05) is 0 Å². The van der Waals surface area contributed by atoms with Gasteiger partial charge in [0, 0.05) is 0 Å². The minimum Gasteiger partial charge on any atom is -0.507 e. The molecule has 0 aromatic heterocycles. The standard InChI is InChI=1S/C15H14O2/c1-10-8-9-13(12-6-4-3-5-7-12)14(11(2)16)15(10)17/h3-9,17H,1-2H3. The van der Waals surface area contributed by atoms with Crippen LogP contribution in [0.1, 0.15) is 22.8 Å². The smallest absolute Gasteiger partial charge is 0.164 e. The molecule has 2 nitrogen and oxygen atoms in total. The van der Waals surface area contributed by atoms with Gasteiger partial charge in [-0.25, -0.2) is 0 Å². The monoisotopic (exact) mass is 226 g/mol. The Morgan fingerprint density at radius 2 is 1.71 bits per heavy atom. The molecular formula is C15H14O2. The number of aromatic hydroxyl groups is 1. The van der Waals surface area contributed by atoms with Gasteiger partial charge < -0.3 is 5.11 Å². The van der Waals surface area contributed by atoms with E-state index >= 15 is 0 Å². The van der Waals surface area contributed by atoms with Crippen molar-refractivity contribution in [1.29, 1.82) is 0 Å². The number of carbonyl (C=O) groups is 1. The predicted molar refractivity (Wildman–Crippen MR) is 68.3 cm³/mol. The summed E-state index contributed by atoms with van der Waals surface area (Å²) in [6, 6.07) is 13.3. The maximum absolute atomic E-state index is 11.7. The summed E-state index contributed by atoms with van der Waals surface area (Å²) in [4.78, 5) is 11.7. The second-order valence-corrected chi connectivity index (χ2v) is 4.08. The van der Waals surface area contributed by atoms with Gasteiger partial charge in [-0.2, -0.15) is 0 Å². The Bertz CT molecular complexity index is 557. The minimum atomic E-state index is -0.120. The zero-order valence-corrected chi connectivity index (χ0v) is 9.90. The lowest BCUT2D eigenvalue weighted by atomic mass is 9.94. The van der Waals surface area contributed by atoms with Gasteiger partial charge in [0.05, 0.1) is 5.56 Å². The number of ketones is 1. The van der Waals surface area contributed by atoms with Gasteiger partial charge >= 0.3 is 0 Å². The number of aryl methyl sites for hydroxylation is 1. The van der Waals surface area contributed by atoms with Gasteiger partial charge in [0.2, 0.25) is 0 Å². The number of benzene rings is 2. The first kappa shape index (κ1) is 11.4. The lowest BCUT2D eigenvalue weighted by Gasteiger charge is -2.11. The van der Waals surface area contributed by atoms with Crippen molar-refractivity contribution < 1.29 is 9.90 Å². The van der Waals surface area contributed by atoms with Crippen LogP contribution in [-0.4, -0.2) is 10.9 Å². The van der Waals surface area contributed by atoms with E-state index in [1.807, 2.05) is 42.5 Å². The molecule has 0 aliphatic carbocycles. The molecule has 2 rings (SSSR count). The number of phenolic OH excluding ortho intramolecular Hbond substituents is 1. The van der Waals surface area contributed by atoms with Crippen LogP contribution in [0.2, 0.25) is 0 Å². The van der Waals surface area contributed by atoms with E-state index in [1.165, 1.54) is 6.92 Å². The summed E-state index contributed by atoms with van der Waals surface area (Å²) in [5.74, 6) is -0.0380. The Morgan fingerprint density at radius 1 is 1.06 bits per heavy atom. The maximum atomic E-state index is 11.7. The fourth-order valence-electron chi connectivity index (χ4n) is 1.91. The lowest BCUT2D eigenvalue weighted by Crippen LogP contribution is -1.98. The summed E-state index contributed by atoms with van der Waals surface area (Å²) in [5, 5.41) is 9.99. The van der Waals surface area contributed by atoms with Gasteiger partial charge in [-0.3, -0.25) is 4.79 Å². The van der Waals surface area contributed by atoms with E-state index in [-0.39, 0.29) is 11.5 Å². The van der Waals surface area contributed by atoms with Gasteiger partial charge in [0.25, 0.3) is 0 Å². The third kappa shape index (κ3) is 2.07. The molecular weight excluding hydrogens is 212 g/mol. The van der Waals surface area contributed by atoms with Crippen LogP contribution in [0.25, 0.3) is 11.1 Å². The average molecular weight is 226 g/mol. The second-order valence-electron chi connectivity index (χ2n) is 4.08. The molecule has 0 aliphatic rings. The van der Waals surface area contributed by atoms with Gasteiger partial charge in [-0.15, -0.1) is 0 Å². The molecule has 2 aromatic rings. The number of hydrogen-bond donors (Lipinski definition) is 1. The van der Waals surface area contributed by atoms with Crippen LogP contribution < -0.4 is 0 Å². The molecule has 86 valence electrons. The van der Waals surface area contributed by atoms with Crippen LogP contribution in [-0.2, 0) is 0 Å². The highest BCUT2D eigenvalue weighted by molar-refractivity contribution is 6.03. The molecule has 0 amide bonds. The van der Waals surface area contributed by atoms with E-state index in [9.17, 15) is 9.90 Å². The molecule has 2 heteroatoms. The lowest BCUT2D eigenvalue weighted by molar-refractivity contribution is 0.101. The molecule has 2 aromatic carbocycles. The summed E-state index contributed by atoms with van der Waals surface area (Å²) in [6.07, 6.45) is 0. The largest absolute Gasteiger partial charge is 0.507 e. The first-order valence-corrected chi connectivity index (χ1v) is 5.50. The molecule has 0 atom stereocenters. The fourth-order valence-corrected chi connectivity index (χ4v) is 1.91. The molecule has 0 bridgehead atoms. The normalized spacial score (nSPS) is 10.2. The Labute approximate surface area is 101 Å². The highest BCUT2D eigenvalue weighted by Crippen LogP contribution is 2.32. The van der Waals surface area contributed by atoms with Gasteiger partial charge in [-0.05, 0) is 30.5 Å². The van der Waals surface area contributed by atoms with Crippen LogP contribution in [0.3, 0.4) is 0 Å². The average Bonchev–Trinajstić information content (AvgIpc) is 2.33. The summed E-state index contributed by atoms with van der Waals surface area (Å²) < 4.78 is 0. The number of rotatable bonds is 2. The minimum absolute atomic E-state index is 0.0823. The first-order valence-electron chi connectivity index (χ1n) is 5.50. The number of carbonyl (C=O) groups excluding carboxylic acids is 1. The number of Topliss-reactive ketones (excluding diaryl/α,β-unsaturated/α-hetero) is 1. The number of hydrogen-bond acceptors (Lipinski definition) is 2. The zero-order valence-electron chi connectivity index (χ0n) is 9.90. The SMILES string of the molecule is CC(=O)c1c(-c2ccccc2)ccc(C)c1O. The molecule has 0 spiro atoms. The molecule has 0 aliphatic heterocycles. The third-order valence-electron chi connectivity index (χ3n) is 2.82. The summed E-state index contributed by atoms with van der Waals surface area (Å²) in [6.45, 7) is 3.26. The van der Waals surface area contributed by atoms with E-state index in [0.29, 0.717) is 5.56 Å². The fraction of sp³-hybridized carbons (Fsp3) is 0.133. The van der Waals surface area contributed by atoms with E-state index in [0.717, 1.165) is 16.7 Å². The molecule has 0 unspecified atom stereocenters.